The first-order valence-corrected chi connectivity index (χ1v) is 6.34. The standard InChI is InChI=1S/C9H13Br2N3O2/c1-5-13-7(10)8(11)14(5)4-3-6(12-2)9(15)16/h6,12H,3-4H2,1-2H3,(H,15,16). The quantitative estimate of drug-likeness (QED) is 0.845. The van der Waals surface area contributed by atoms with Crippen LogP contribution >= 0.6 is 31.9 Å². The van der Waals surface area contributed by atoms with Crippen molar-refractivity contribution >= 4 is 37.8 Å². The van der Waals surface area contributed by atoms with E-state index in [0.717, 1.165) is 15.0 Å². The van der Waals surface area contributed by atoms with E-state index in [1.165, 1.54) is 0 Å². The molecular formula is C9H13Br2N3O2. The molecule has 0 fully saturated rings. The second-order valence-electron chi connectivity index (χ2n) is 3.36. The molecule has 0 bridgehead atoms. The van der Waals surface area contributed by atoms with Gasteiger partial charge < -0.3 is 15.0 Å². The number of aromatic nitrogens is 2. The van der Waals surface area contributed by atoms with Crippen LogP contribution in [0.25, 0.3) is 0 Å². The van der Waals surface area contributed by atoms with Gasteiger partial charge in [0, 0.05) is 6.54 Å². The van der Waals surface area contributed by atoms with Crippen molar-refractivity contribution in [1.82, 2.24) is 14.9 Å². The number of carboxylic acids is 1. The summed E-state index contributed by atoms with van der Waals surface area (Å²) in [5.41, 5.74) is 0. The van der Waals surface area contributed by atoms with E-state index in [9.17, 15) is 4.79 Å². The summed E-state index contributed by atoms with van der Waals surface area (Å²) >= 11 is 6.70. The average Bonchev–Trinajstić information content (AvgIpc) is 2.44. The van der Waals surface area contributed by atoms with Crippen molar-refractivity contribution in [3.63, 3.8) is 0 Å². The summed E-state index contributed by atoms with van der Waals surface area (Å²) in [4.78, 5) is 15.0. The fourth-order valence-corrected chi connectivity index (χ4v) is 2.40. The summed E-state index contributed by atoms with van der Waals surface area (Å²) in [6, 6.07) is -0.535. The zero-order chi connectivity index (χ0) is 12.3. The van der Waals surface area contributed by atoms with Crippen LogP contribution in [-0.2, 0) is 11.3 Å². The van der Waals surface area contributed by atoms with Gasteiger partial charge >= 0.3 is 5.97 Å². The summed E-state index contributed by atoms with van der Waals surface area (Å²) in [5, 5.41) is 11.6. The first-order chi connectivity index (χ1) is 7.47. The summed E-state index contributed by atoms with van der Waals surface area (Å²) < 4.78 is 3.50. The third-order valence-corrected chi connectivity index (χ3v) is 4.23. The minimum Gasteiger partial charge on any atom is -0.480 e. The number of aliphatic carboxylic acids is 1. The smallest absolute Gasteiger partial charge is 0.320 e. The number of hydrogen-bond acceptors (Lipinski definition) is 3. The number of hydrogen-bond donors (Lipinski definition) is 2. The third-order valence-electron chi connectivity index (χ3n) is 2.35. The Morgan fingerprint density at radius 2 is 2.25 bits per heavy atom. The largest absolute Gasteiger partial charge is 0.480 e. The van der Waals surface area contributed by atoms with Gasteiger partial charge in [0.2, 0.25) is 0 Å². The van der Waals surface area contributed by atoms with E-state index in [-0.39, 0.29) is 0 Å². The lowest BCUT2D eigenvalue weighted by atomic mass is 10.2. The van der Waals surface area contributed by atoms with Gasteiger partial charge in [-0.1, -0.05) is 0 Å². The van der Waals surface area contributed by atoms with E-state index in [4.69, 9.17) is 5.11 Å². The first-order valence-electron chi connectivity index (χ1n) is 4.75. The highest BCUT2D eigenvalue weighted by Crippen LogP contribution is 2.23. The van der Waals surface area contributed by atoms with E-state index in [0.29, 0.717) is 13.0 Å². The number of aryl methyl sites for hydroxylation is 1. The second kappa shape index (κ2) is 5.79. The number of rotatable bonds is 5. The summed E-state index contributed by atoms with van der Waals surface area (Å²) in [6.45, 7) is 2.48. The van der Waals surface area contributed by atoms with Crippen LogP contribution < -0.4 is 5.32 Å². The molecule has 16 heavy (non-hydrogen) atoms. The molecule has 0 radical (unpaired) electrons. The van der Waals surface area contributed by atoms with Crippen LogP contribution in [0.1, 0.15) is 12.2 Å². The topological polar surface area (TPSA) is 67.2 Å². The maximum atomic E-state index is 10.8. The molecule has 1 unspecified atom stereocenters. The molecular weight excluding hydrogens is 342 g/mol. The Bertz CT molecular complexity index is 392. The SMILES string of the molecule is CNC(CCn1c(C)nc(Br)c1Br)C(=O)O. The van der Waals surface area contributed by atoms with Gasteiger partial charge in [0.25, 0.3) is 0 Å². The highest BCUT2D eigenvalue weighted by Gasteiger charge is 2.16. The molecule has 7 heteroatoms. The van der Waals surface area contributed by atoms with Crippen molar-refractivity contribution in [3.05, 3.63) is 15.0 Å². The Balaban J connectivity index is 2.70. The zero-order valence-electron chi connectivity index (χ0n) is 9.00. The van der Waals surface area contributed by atoms with Crippen LogP contribution in [0.2, 0.25) is 0 Å². The molecule has 1 rings (SSSR count). The van der Waals surface area contributed by atoms with Crippen LogP contribution in [0.15, 0.2) is 9.21 Å². The lowest BCUT2D eigenvalue weighted by Crippen LogP contribution is -2.34. The molecule has 1 aromatic rings. The average molecular weight is 355 g/mol. The number of halogens is 2. The highest BCUT2D eigenvalue weighted by atomic mass is 79.9. The van der Waals surface area contributed by atoms with Crippen LogP contribution in [0.3, 0.4) is 0 Å². The third kappa shape index (κ3) is 3.05. The van der Waals surface area contributed by atoms with Crippen molar-refractivity contribution in [2.45, 2.75) is 25.9 Å². The van der Waals surface area contributed by atoms with Crippen LogP contribution in [-0.4, -0.2) is 33.7 Å². The maximum Gasteiger partial charge on any atom is 0.320 e. The number of nitrogens with zero attached hydrogens (tertiary/aromatic N) is 2. The van der Waals surface area contributed by atoms with E-state index in [1.807, 2.05) is 11.5 Å². The molecule has 0 aliphatic rings. The Morgan fingerprint density at radius 3 is 2.62 bits per heavy atom. The van der Waals surface area contributed by atoms with E-state index < -0.39 is 12.0 Å². The predicted octanol–water partition coefficient (Wildman–Crippen LogP) is 1.78. The Kier molecular flexibility index (Phi) is 4.94. The fourth-order valence-electron chi connectivity index (χ4n) is 1.41. The first kappa shape index (κ1) is 13.7. The van der Waals surface area contributed by atoms with Crippen molar-refractivity contribution in [3.8, 4) is 0 Å². The molecule has 0 saturated heterocycles. The molecule has 90 valence electrons. The summed E-state index contributed by atoms with van der Waals surface area (Å²) in [7, 11) is 1.64. The van der Waals surface area contributed by atoms with E-state index in [2.05, 4.69) is 42.2 Å². The number of likely N-dealkylation sites (N-methyl/N-ethyl adjacent to an activating group) is 1. The molecule has 1 atom stereocenters. The number of carboxylic acid groups (broad SMARTS) is 1. The minimum atomic E-state index is -0.838. The summed E-state index contributed by atoms with van der Waals surface area (Å²) in [5.74, 6) is 0.00875. The van der Waals surface area contributed by atoms with Crippen molar-refractivity contribution in [2.24, 2.45) is 0 Å². The summed E-state index contributed by atoms with van der Waals surface area (Å²) in [6.07, 6.45) is 0.508. The maximum absolute atomic E-state index is 10.8. The molecule has 5 nitrogen and oxygen atoms in total. The number of imidazole rings is 1. The van der Waals surface area contributed by atoms with Gasteiger partial charge in [0.1, 0.15) is 21.1 Å². The van der Waals surface area contributed by atoms with Crippen molar-refractivity contribution < 1.29 is 9.90 Å². The normalized spacial score (nSPS) is 12.8. The lowest BCUT2D eigenvalue weighted by molar-refractivity contribution is -0.139. The van der Waals surface area contributed by atoms with E-state index >= 15 is 0 Å². The van der Waals surface area contributed by atoms with Gasteiger partial charge in [-0.05, 0) is 52.3 Å². The molecule has 1 aromatic heterocycles. The molecule has 0 aromatic carbocycles. The predicted molar refractivity (Wildman–Crippen MR) is 67.5 cm³/mol. The van der Waals surface area contributed by atoms with Gasteiger partial charge in [0.05, 0.1) is 0 Å². The number of nitrogens with one attached hydrogen (secondary N) is 1. The Labute approximate surface area is 111 Å². The molecule has 0 saturated carbocycles. The Morgan fingerprint density at radius 1 is 1.62 bits per heavy atom. The van der Waals surface area contributed by atoms with Gasteiger partial charge in [-0.2, -0.15) is 0 Å². The monoisotopic (exact) mass is 353 g/mol. The molecule has 0 aliphatic carbocycles. The zero-order valence-corrected chi connectivity index (χ0v) is 12.2. The van der Waals surface area contributed by atoms with Crippen molar-refractivity contribution in [1.29, 1.82) is 0 Å². The van der Waals surface area contributed by atoms with Gasteiger partial charge in [-0.3, -0.25) is 4.79 Å². The fraction of sp³-hybridized carbons (Fsp3) is 0.556. The lowest BCUT2D eigenvalue weighted by Gasteiger charge is -2.12. The molecule has 1 heterocycles. The van der Waals surface area contributed by atoms with Crippen molar-refractivity contribution in [2.75, 3.05) is 7.05 Å². The van der Waals surface area contributed by atoms with Gasteiger partial charge in [-0.25, -0.2) is 4.98 Å². The molecule has 0 amide bonds. The van der Waals surface area contributed by atoms with Crippen LogP contribution in [0.5, 0.6) is 0 Å². The van der Waals surface area contributed by atoms with Crippen LogP contribution in [0, 0.1) is 6.92 Å². The molecule has 0 spiro atoms. The minimum absolute atomic E-state index is 0.508. The van der Waals surface area contributed by atoms with Gasteiger partial charge in [0.15, 0.2) is 0 Å². The van der Waals surface area contributed by atoms with Gasteiger partial charge in [-0.15, -0.1) is 0 Å². The van der Waals surface area contributed by atoms with Crippen LogP contribution in [0.4, 0.5) is 0 Å². The second-order valence-corrected chi connectivity index (χ2v) is 4.86. The van der Waals surface area contributed by atoms with E-state index in [1.54, 1.807) is 7.05 Å². The molecule has 0 aliphatic heterocycles. The Hall–Kier alpha value is -0.400. The molecule has 2 N–H and O–H groups in total. The number of carbonyl (C=O) groups is 1. The highest BCUT2D eigenvalue weighted by molar-refractivity contribution is 9.13.